The summed E-state index contributed by atoms with van der Waals surface area (Å²) in [6, 6.07) is 0. The smallest absolute Gasteiger partial charge is 0.0495 e. The molecule has 0 saturated carbocycles. The lowest BCUT2D eigenvalue weighted by molar-refractivity contribution is 0.298. The Kier molecular flexibility index (Phi) is 3.59. The van der Waals surface area contributed by atoms with Gasteiger partial charge in [0, 0.05) is 6.61 Å². The Morgan fingerprint density at radius 2 is 2.00 bits per heavy atom. The Labute approximate surface area is 46.5 Å². The van der Waals surface area contributed by atoms with E-state index in [-0.39, 0.29) is 7.92 Å². The molecule has 0 heterocycles. The summed E-state index contributed by atoms with van der Waals surface area (Å²) in [5, 5.41) is 8.52. The molecule has 1 N–H and O–H groups in total. The second-order valence-electron chi connectivity index (χ2n) is 2.00. The van der Waals surface area contributed by atoms with Crippen LogP contribution < -0.4 is 0 Å². The second-order valence-corrected chi connectivity index (χ2v) is 4.80. The molecule has 0 rings (SSSR count). The van der Waals surface area contributed by atoms with Crippen LogP contribution in [0.1, 0.15) is 6.92 Å². The van der Waals surface area contributed by atoms with Crippen LogP contribution in [0.25, 0.3) is 0 Å². The second kappa shape index (κ2) is 3.40. The summed E-state index contributed by atoms with van der Waals surface area (Å²) in [5.74, 6) is 0. The van der Waals surface area contributed by atoms with Gasteiger partial charge in [0.15, 0.2) is 0 Å². The molecule has 0 aliphatic carbocycles. The van der Waals surface area contributed by atoms with Gasteiger partial charge in [-0.3, -0.25) is 0 Å². The number of aliphatic hydroxyl groups is 1. The fourth-order valence-electron chi connectivity index (χ4n) is 0.163. The first kappa shape index (κ1) is 7.39. The first-order valence-corrected chi connectivity index (χ1v) is 4.76. The lowest BCUT2D eigenvalue weighted by Crippen LogP contribution is -2.03. The van der Waals surface area contributed by atoms with Gasteiger partial charge in [0.05, 0.1) is 0 Å². The molecule has 0 fully saturated rings. The zero-order valence-corrected chi connectivity index (χ0v) is 6.07. The lowest BCUT2D eigenvalue weighted by Gasteiger charge is -2.10. The quantitative estimate of drug-likeness (QED) is 0.541. The number of aliphatic hydroxyl groups excluding tert-OH is 1. The van der Waals surface area contributed by atoms with Gasteiger partial charge in [-0.2, -0.15) is 0 Å². The summed E-state index contributed by atoms with van der Waals surface area (Å²) in [7, 11) is 0.0882. The lowest BCUT2D eigenvalue weighted by atomic mass is 10.5. The molecule has 0 aromatic carbocycles. The number of hydrogen-bond acceptors (Lipinski definition) is 1. The van der Waals surface area contributed by atoms with Gasteiger partial charge < -0.3 is 5.11 Å². The molecular weight excluding hydrogens is 107 g/mol. The van der Waals surface area contributed by atoms with Crippen LogP contribution in [0.3, 0.4) is 0 Å². The van der Waals surface area contributed by atoms with E-state index < -0.39 is 0 Å². The summed E-state index contributed by atoms with van der Waals surface area (Å²) in [6.45, 7) is 6.77. The van der Waals surface area contributed by atoms with E-state index >= 15 is 0 Å². The average molecular weight is 120 g/mol. The van der Waals surface area contributed by atoms with Crippen molar-refractivity contribution < 1.29 is 5.11 Å². The largest absolute Gasteiger partial charge is 0.396 e. The normalized spacial score (nSPS) is 15.0. The molecule has 0 aliphatic rings. The molecule has 1 nitrogen and oxygen atoms in total. The molecule has 7 heavy (non-hydrogen) atoms. The van der Waals surface area contributed by atoms with Crippen LogP contribution in [0, 0.1) is 0 Å². The third kappa shape index (κ3) is 3.02. The zero-order valence-electron chi connectivity index (χ0n) is 5.18. The highest BCUT2D eigenvalue weighted by atomic mass is 31.1. The molecule has 0 radical (unpaired) electrons. The van der Waals surface area contributed by atoms with Crippen molar-refractivity contribution >= 4 is 7.92 Å². The van der Waals surface area contributed by atoms with Crippen LogP contribution >= 0.6 is 7.92 Å². The fraction of sp³-hybridized carbons (Fsp3) is 1.00. The Balaban J connectivity index is 3.14. The minimum absolute atomic E-state index is 0.0882. The van der Waals surface area contributed by atoms with Gasteiger partial charge in [0.2, 0.25) is 0 Å². The molecule has 0 bridgehead atoms. The van der Waals surface area contributed by atoms with Crippen molar-refractivity contribution in [3.8, 4) is 0 Å². The summed E-state index contributed by atoms with van der Waals surface area (Å²) < 4.78 is 0. The monoisotopic (exact) mass is 120 g/mol. The molecule has 2 heteroatoms. The van der Waals surface area contributed by atoms with E-state index in [1.807, 2.05) is 0 Å². The minimum Gasteiger partial charge on any atom is -0.396 e. The standard InChI is InChI=1S/C5H13OP/c1-5(4-6)7(2)3/h5-6H,4H2,1-3H3. The minimum atomic E-state index is 0.0882. The van der Waals surface area contributed by atoms with Gasteiger partial charge >= 0.3 is 0 Å². The van der Waals surface area contributed by atoms with Crippen molar-refractivity contribution in [1.29, 1.82) is 0 Å². The van der Waals surface area contributed by atoms with Crippen LogP contribution in [0.2, 0.25) is 0 Å². The molecule has 0 spiro atoms. The average Bonchev–Trinajstić information content (AvgIpc) is 1.65. The van der Waals surface area contributed by atoms with E-state index in [1.54, 1.807) is 0 Å². The van der Waals surface area contributed by atoms with E-state index in [4.69, 9.17) is 5.11 Å². The van der Waals surface area contributed by atoms with Crippen molar-refractivity contribution in [1.82, 2.24) is 0 Å². The summed E-state index contributed by atoms with van der Waals surface area (Å²) >= 11 is 0. The van der Waals surface area contributed by atoms with Crippen LogP contribution in [-0.2, 0) is 0 Å². The van der Waals surface area contributed by atoms with E-state index in [1.165, 1.54) is 0 Å². The van der Waals surface area contributed by atoms with Gasteiger partial charge in [-0.1, -0.05) is 6.92 Å². The van der Waals surface area contributed by atoms with Crippen molar-refractivity contribution in [2.75, 3.05) is 19.9 Å². The maximum absolute atomic E-state index is 8.52. The third-order valence-corrected chi connectivity index (χ3v) is 3.07. The molecule has 1 unspecified atom stereocenters. The van der Waals surface area contributed by atoms with Crippen LogP contribution in [0.5, 0.6) is 0 Å². The molecule has 0 aliphatic heterocycles. The van der Waals surface area contributed by atoms with E-state index in [0.717, 1.165) is 0 Å². The van der Waals surface area contributed by atoms with E-state index in [2.05, 4.69) is 20.3 Å². The predicted octanol–water partition coefficient (Wildman–Crippen LogP) is 1.11. The number of hydrogen-bond donors (Lipinski definition) is 1. The van der Waals surface area contributed by atoms with E-state index in [9.17, 15) is 0 Å². The topological polar surface area (TPSA) is 20.2 Å². The highest BCUT2D eigenvalue weighted by Gasteiger charge is 2.01. The predicted molar refractivity (Wildman–Crippen MR) is 35.3 cm³/mol. The molecule has 44 valence electrons. The fourth-order valence-corrected chi connectivity index (χ4v) is 0.490. The molecule has 1 atom stereocenters. The first-order valence-electron chi connectivity index (χ1n) is 2.45. The number of rotatable bonds is 2. The van der Waals surface area contributed by atoms with Gasteiger partial charge in [0.1, 0.15) is 0 Å². The van der Waals surface area contributed by atoms with Crippen molar-refractivity contribution in [2.24, 2.45) is 0 Å². The van der Waals surface area contributed by atoms with Gasteiger partial charge in [-0.05, 0) is 19.0 Å². The van der Waals surface area contributed by atoms with Crippen molar-refractivity contribution in [2.45, 2.75) is 12.6 Å². The summed E-state index contributed by atoms with van der Waals surface area (Å²) in [4.78, 5) is 0. The molecule has 0 aromatic heterocycles. The summed E-state index contributed by atoms with van der Waals surface area (Å²) in [6.07, 6.45) is 0. The molecule has 0 saturated heterocycles. The highest BCUT2D eigenvalue weighted by Crippen LogP contribution is 2.30. The van der Waals surface area contributed by atoms with Crippen molar-refractivity contribution in [3.05, 3.63) is 0 Å². The maximum Gasteiger partial charge on any atom is 0.0495 e. The SMILES string of the molecule is CC(CO)P(C)C. The molecular formula is C5H13OP. The van der Waals surface area contributed by atoms with E-state index in [0.29, 0.717) is 12.3 Å². The van der Waals surface area contributed by atoms with Gasteiger partial charge in [-0.15, -0.1) is 7.92 Å². The Bertz CT molecular complexity index is 45.3. The Hall–Kier alpha value is 0.390. The maximum atomic E-state index is 8.52. The highest BCUT2D eigenvalue weighted by molar-refractivity contribution is 7.56. The first-order chi connectivity index (χ1) is 3.18. The zero-order chi connectivity index (χ0) is 5.86. The van der Waals surface area contributed by atoms with Crippen molar-refractivity contribution in [3.63, 3.8) is 0 Å². The van der Waals surface area contributed by atoms with Gasteiger partial charge in [0.25, 0.3) is 0 Å². The molecule has 0 amide bonds. The van der Waals surface area contributed by atoms with Crippen LogP contribution in [0.15, 0.2) is 0 Å². The summed E-state index contributed by atoms with van der Waals surface area (Å²) in [5.41, 5.74) is 0.523. The molecule has 0 aromatic rings. The third-order valence-electron chi connectivity index (χ3n) is 1.15. The van der Waals surface area contributed by atoms with Gasteiger partial charge in [-0.25, -0.2) is 0 Å². The Morgan fingerprint density at radius 3 is 2.00 bits per heavy atom. The van der Waals surface area contributed by atoms with Crippen LogP contribution in [-0.4, -0.2) is 30.7 Å². The van der Waals surface area contributed by atoms with Crippen LogP contribution in [0.4, 0.5) is 0 Å². The Morgan fingerprint density at radius 1 is 1.57 bits per heavy atom.